The minimum Gasteiger partial charge on any atom is -0.478 e. The SMILES string of the molecule is O=C1CCN(S(=O)(=O)c2cc(C(=O)O)ccc2Cl)CCN1. The topological polar surface area (TPSA) is 104 Å². The molecule has 9 heteroatoms. The van der Waals surface area contributed by atoms with Gasteiger partial charge in [0, 0.05) is 26.1 Å². The van der Waals surface area contributed by atoms with Gasteiger partial charge in [-0.3, -0.25) is 4.79 Å². The van der Waals surface area contributed by atoms with Crippen LogP contribution in [0.3, 0.4) is 0 Å². The predicted octanol–water partition coefficient (Wildman–Crippen LogP) is 0.549. The van der Waals surface area contributed by atoms with E-state index in [1.165, 1.54) is 12.1 Å². The number of carbonyl (C=O) groups is 2. The van der Waals surface area contributed by atoms with Crippen LogP contribution in [0, 0.1) is 0 Å². The van der Waals surface area contributed by atoms with Gasteiger partial charge in [0.2, 0.25) is 15.9 Å². The van der Waals surface area contributed by atoms with Crippen LogP contribution < -0.4 is 5.32 Å². The van der Waals surface area contributed by atoms with E-state index in [2.05, 4.69) is 5.32 Å². The fourth-order valence-corrected chi connectivity index (χ4v) is 3.90. The lowest BCUT2D eigenvalue weighted by Crippen LogP contribution is -2.34. The Kier molecular flexibility index (Phi) is 4.50. The molecule has 0 unspecified atom stereocenters. The Bertz CT molecular complexity index is 689. The fourth-order valence-electron chi connectivity index (χ4n) is 1.96. The van der Waals surface area contributed by atoms with Gasteiger partial charge in [-0.15, -0.1) is 0 Å². The Labute approximate surface area is 126 Å². The molecule has 0 radical (unpaired) electrons. The number of hydrogen-bond acceptors (Lipinski definition) is 4. The first-order valence-corrected chi connectivity index (χ1v) is 7.94. The minimum absolute atomic E-state index is 0.0296. The Morgan fingerprint density at radius 2 is 2.05 bits per heavy atom. The van der Waals surface area contributed by atoms with Gasteiger partial charge in [0.05, 0.1) is 10.6 Å². The second-order valence-corrected chi connectivity index (χ2v) is 6.77. The van der Waals surface area contributed by atoms with Crippen LogP contribution in [0.1, 0.15) is 16.8 Å². The molecule has 1 fully saturated rings. The molecule has 0 bridgehead atoms. The number of carboxylic acids is 1. The number of amides is 1. The Hall–Kier alpha value is -1.64. The van der Waals surface area contributed by atoms with Gasteiger partial charge < -0.3 is 10.4 Å². The number of nitrogens with one attached hydrogen (secondary N) is 1. The molecule has 1 amide bonds. The average Bonchev–Trinajstić information content (AvgIpc) is 2.64. The monoisotopic (exact) mass is 332 g/mol. The zero-order chi connectivity index (χ0) is 15.6. The molecule has 7 nitrogen and oxygen atoms in total. The Morgan fingerprint density at radius 1 is 1.33 bits per heavy atom. The molecule has 0 saturated carbocycles. The average molecular weight is 333 g/mol. The highest BCUT2D eigenvalue weighted by atomic mass is 35.5. The smallest absolute Gasteiger partial charge is 0.335 e. The molecule has 1 heterocycles. The zero-order valence-corrected chi connectivity index (χ0v) is 12.4. The number of nitrogens with zero attached hydrogens (tertiary/aromatic N) is 1. The van der Waals surface area contributed by atoms with E-state index < -0.39 is 16.0 Å². The standard InChI is InChI=1S/C12H13ClN2O5S/c13-9-2-1-8(12(17)18)7-10(9)21(19,20)15-5-3-11(16)14-4-6-15/h1-2,7H,3-6H2,(H,14,16)(H,17,18). The van der Waals surface area contributed by atoms with Crippen LogP contribution >= 0.6 is 11.6 Å². The minimum atomic E-state index is -3.95. The molecule has 1 aromatic rings. The van der Waals surface area contributed by atoms with Gasteiger partial charge in [0.1, 0.15) is 4.90 Å². The van der Waals surface area contributed by atoms with Gasteiger partial charge in [0.15, 0.2) is 0 Å². The summed E-state index contributed by atoms with van der Waals surface area (Å²) >= 11 is 5.89. The van der Waals surface area contributed by atoms with E-state index in [1.807, 2.05) is 0 Å². The fraction of sp³-hybridized carbons (Fsp3) is 0.333. The van der Waals surface area contributed by atoms with Gasteiger partial charge in [-0.1, -0.05) is 11.6 Å². The molecule has 1 aliphatic heterocycles. The first-order chi connectivity index (χ1) is 9.82. The summed E-state index contributed by atoms with van der Waals surface area (Å²) in [6, 6.07) is 3.50. The van der Waals surface area contributed by atoms with Crippen molar-refractivity contribution in [1.82, 2.24) is 9.62 Å². The summed E-state index contributed by atoms with van der Waals surface area (Å²) in [6.45, 7) is 0.345. The molecular formula is C12H13ClN2O5S. The molecule has 2 N–H and O–H groups in total. The van der Waals surface area contributed by atoms with Crippen molar-refractivity contribution < 1.29 is 23.1 Å². The van der Waals surface area contributed by atoms with Gasteiger partial charge >= 0.3 is 5.97 Å². The van der Waals surface area contributed by atoms with Crippen molar-refractivity contribution >= 4 is 33.5 Å². The third kappa shape index (κ3) is 3.34. The molecule has 114 valence electrons. The quantitative estimate of drug-likeness (QED) is 0.841. The van der Waals surface area contributed by atoms with Gasteiger partial charge in [-0.2, -0.15) is 4.31 Å². The molecular weight excluding hydrogens is 320 g/mol. The second-order valence-electron chi connectivity index (χ2n) is 4.45. The van der Waals surface area contributed by atoms with Crippen molar-refractivity contribution in [2.45, 2.75) is 11.3 Å². The highest BCUT2D eigenvalue weighted by molar-refractivity contribution is 7.89. The summed E-state index contributed by atoms with van der Waals surface area (Å²) in [5.74, 6) is -1.46. The molecule has 0 atom stereocenters. The third-order valence-electron chi connectivity index (χ3n) is 3.07. The Balaban J connectivity index is 2.41. The van der Waals surface area contributed by atoms with E-state index in [-0.39, 0.29) is 47.4 Å². The molecule has 1 aliphatic rings. The van der Waals surface area contributed by atoms with Crippen LogP contribution in [0.15, 0.2) is 23.1 Å². The van der Waals surface area contributed by atoms with Gasteiger partial charge in [0.25, 0.3) is 0 Å². The molecule has 21 heavy (non-hydrogen) atoms. The second kappa shape index (κ2) is 6.00. The largest absolute Gasteiger partial charge is 0.478 e. The van der Waals surface area contributed by atoms with E-state index in [9.17, 15) is 18.0 Å². The molecule has 0 aliphatic carbocycles. The summed E-state index contributed by atoms with van der Waals surface area (Å²) in [5, 5.41) is 11.5. The number of benzene rings is 1. The van der Waals surface area contributed by atoms with Crippen molar-refractivity contribution in [3.8, 4) is 0 Å². The lowest BCUT2D eigenvalue weighted by atomic mass is 10.2. The lowest BCUT2D eigenvalue weighted by Gasteiger charge is -2.20. The van der Waals surface area contributed by atoms with Crippen LogP contribution in [0.4, 0.5) is 0 Å². The highest BCUT2D eigenvalue weighted by Crippen LogP contribution is 2.26. The molecule has 1 saturated heterocycles. The first-order valence-electron chi connectivity index (χ1n) is 6.12. The van der Waals surface area contributed by atoms with Crippen LogP contribution in [0.2, 0.25) is 5.02 Å². The van der Waals surface area contributed by atoms with Crippen LogP contribution in [0.5, 0.6) is 0 Å². The van der Waals surface area contributed by atoms with Crippen LogP contribution in [0.25, 0.3) is 0 Å². The predicted molar refractivity (Wildman–Crippen MR) is 74.8 cm³/mol. The molecule has 0 spiro atoms. The summed E-state index contributed by atoms with van der Waals surface area (Å²) in [6.07, 6.45) is 0.0511. The van der Waals surface area contributed by atoms with E-state index in [4.69, 9.17) is 16.7 Å². The number of sulfonamides is 1. The van der Waals surface area contributed by atoms with Gasteiger partial charge in [-0.05, 0) is 18.2 Å². The van der Waals surface area contributed by atoms with E-state index in [0.29, 0.717) is 0 Å². The van der Waals surface area contributed by atoms with Crippen molar-refractivity contribution in [3.05, 3.63) is 28.8 Å². The van der Waals surface area contributed by atoms with Crippen molar-refractivity contribution in [2.75, 3.05) is 19.6 Å². The first kappa shape index (κ1) is 15.7. The van der Waals surface area contributed by atoms with Crippen LogP contribution in [-0.4, -0.2) is 49.3 Å². The van der Waals surface area contributed by atoms with Gasteiger partial charge in [-0.25, -0.2) is 13.2 Å². The summed E-state index contributed by atoms with van der Waals surface area (Å²) in [4.78, 5) is 22.0. The number of hydrogen-bond donors (Lipinski definition) is 2. The van der Waals surface area contributed by atoms with Crippen molar-refractivity contribution in [3.63, 3.8) is 0 Å². The number of aromatic carboxylic acids is 1. The van der Waals surface area contributed by atoms with Crippen molar-refractivity contribution in [1.29, 1.82) is 0 Å². The Morgan fingerprint density at radius 3 is 2.71 bits per heavy atom. The molecule has 1 aromatic carbocycles. The normalized spacial score (nSPS) is 17.1. The maximum Gasteiger partial charge on any atom is 0.335 e. The van der Waals surface area contributed by atoms with Crippen molar-refractivity contribution in [2.24, 2.45) is 0 Å². The highest BCUT2D eigenvalue weighted by Gasteiger charge is 2.29. The third-order valence-corrected chi connectivity index (χ3v) is 5.45. The van der Waals surface area contributed by atoms with Crippen LogP contribution in [-0.2, 0) is 14.8 Å². The maximum absolute atomic E-state index is 12.6. The maximum atomic E-state index is 12.6. The number of rotatable bonds is 3. The zero-order valence-electron chi connectivity index (χ0n) is 10.9. The van der Waals surface area contributed by atoms with E-state index in [0.717, 1.165) is 10.4 Å². The summed E-state index contributed by atoms with van der Waals surface area (Å²) in [5.41, 5.74) is -0.165. The number of carbonyl (C=O) groups excluding carboxylic acids is 1. The summed E-state index contributed by atoms with van der Waals surface area (Å²) < 4.78 is 26.2. The number of carboxylic acid groups (broad SMARTS) is 1. The molecule has 0 aromatic heterocycles. The molecule has 2 rings (SSSR count). The lowest BCUT2D eigenvalue weighted by molar-refractivity contribution is -0.120. The van der Waals surface area contributed by atoms with E-state index in [1.54, 1.807) is 0 Å². The van der Waals surface area contributed by atoms with E-state index >= 15 is 0 Å². The summed E-state index contributed by atoms with van der Waals surface area (Å²) in [7, 11) is -3.95. The number of halogens is 1.